The van der Waals surface area contributed by atoms with Gasteiger partial charge in [-0.1, -0.05) is 12.2 Å². The summed E-state index contributed by atoms with van der Waals surface area (Å²) in [6, 6.07) is 16.9. The molecule has 0 fully saturated rings. The Labute approximate surface area is 350 Å². The van der Waals surface area contributed by atoms with E-state index in [9.17, 15) is 40.2 Å². The maximum absolute atomic E-state index is 13.5. The van der Waals surface area contributed by atoms with Crippen LogP contribution >= 0.6 is 22.7 Å². The zero-order valence-corrected chi connectivity index (χ0v) is 33.8. The lowest BCUT2D eigenvalue weighted by atomic mass is 9.76. The molecule has 2 atom stereocenters. The van der Waals surface area contributed by atoms with Gasteiger partial charge in [-0.3, -0.25) is 19.2 Å². The van der Waals surface area contributed by atoms with Gasteiger partial charge in [-0.2, -0.15) is 21.0 Å². The van der Waals surface area contributed by atoms with Gasteiger partial charge in [0, 0.05) is 75.9 Å². The predicted octanol–water partition coefficient (Wildman–Crippen LogP) is 9.25. The summed E-state index contributed by atoms with van der Waals surface area (Å²) in [4.78, 5) is 57.2. The SMILES string of the molecule is CC1(C)OC2=CC3C=C4C(=CC3C=C2c2sc(C=C3C(=O)c5cc(C#N)c(C#N)cc5C3=O)cc21)OC(C)(C)c1cc(C=C2C(=O)c3cc(C#N)c(C#N)cc3C2=O)sc14. The number of nitriles is 4. The molecule has 10 nitrogen and oxygen atoms in total. The topological polar surface area (TPSA) is 182 Å². The van der Waals surface area contributed by atoms with Crippen LogP contribution in [0.5, 0.6) is 0 Å². The monoisotopic (exact) mass is 818 g/mol. The number of benzene rings is 2. The van der Waals surface area contributed by atoms with E-state index in [2.05, 4.69) is 24.3 Å². The number of fused-ring (bicyclic) bond motifs is 9. The molecule has 4 aromatic rings. The van der Waals surface area contributed by atoms with Crippen molar-refractivity contribution in [3.05, 3.63) is 159 Å². The molecule has 2 aliphatic heterocycles. The van der Waals surface area contributed by atoms with Gasteiger partial charge in [-0.15, -0.1) is 22.7 Å². The number of nitrogens with zero attached hydrogens (tertiary/aromatic N) is 4. The zero-order chi connectivity index (χ0) is 42.2. The third kappa shape index (κ3) is 5.19. The molecule has 0 saturated heterocycles. The highest BCUT2D eigenvalue weighted by Gasteiger charge is 2.44. The summed E-state index contributed by atoms with van der Waals surface area (Å²) in [7, 11) is 0. The number of carbonyl (C=O) groups excluding carboxylic acids is 4. The minimum atomic E-state index is -0.750. The van der Waals surface area contributed by atoms with Crippen LogP contribution in [0, 0.1) is 57.2 Å². The fraction of sp³-hybridized carbons (Fsp3) is 0.167. The second-order valence-electron chi connectivity index (χ2n) is 16.2. The maximum atomic E-state index is 13.5. The van der Waals surface area contributed by atoms with E-state index in [0.29, 0.717) is 21.3 Å². The Morgan fingerprint density at radius 3 is 1.13 bits per heavy atom. The number of hydrogen-bond donors (Lipinski definition) is 0. The first kappa shape index (κ1) is 36.8. The number of Topliss-reactive ketones (excluding diaryl/α,β-unsaturated/α-hetero) is 4. The van der Waals surface area contributed by atoms with E-state index in [1.807, 2.05) is 64.1 Å². The van der Waals surface area contributed by atoms with E-state index in [-0.39, 0.29) is 67.5 Å². The zero-order valence-electron chi connectivity index (χ0n) is 32.1. The van der Waals surface area contributed by atoms with Crippen molar-refractivity contribution in [1.82, 2.24) is 0 Å². The molecule has 12 heteroatoms. The average molecular weight is 819 g/mol. The molecule has 0 spiro atoms. The Morgan fingerprint density at radius 1 is 0.517 bits per heavy atom. The van der Waals surface area contributed by atoms with Crippen LogP contribution in [-0.2, 0) is 20.7 Å². The van der Waals surface area contributed by atoms with E-state index in [4.69, 9.17) is 9.47 Å². The van der Waals surface area contributed by atoms with E-state index < -0.39 is 34.3 Å². The molecule has 286 valence electrons. The van der Waals surface area contributed by atoms with Crippen LogP contribution in [-0.4, -0.2) is 23.1 Å². The summed E-state index contributed by atoms with van der Waals surface area (Å²) >= 11 is 2.91. The highest BCUT2D eigenvalue weighted by molar-refractivity contribution is 7.14. The summed E-state index contributed by atoms with van der Waals surface area (Å²) in [6.07, 6.45) is 11.7. The molecular weight excluding hydrogens is 793 g/mol. The Kier molecular flexibility index (Phi) is 7.68. The Bertz CT molecular complexity index is 2910. The third-order valence-electron chi connectivity index (χ3n) is 11.7. The first-order valence-corrected chi connectivity index (χ1v) is 20.4. The van der Waals surface area contributed by atoms with Crippen LogP contribution in [0.25, 0.3) is 23.3 Å². The molecule has 0 N–H and O–H groups in total. The molecule has 0 amide bonds. The Morgan fingerprint density at radius 2 is 0.833 bits per heavy atom. The average Bonchev–Trinajstić information content (AvgIpc) is 3.97. The number of allylic oxidation sites excluding steroid dienone is 8. The number of thiophene rings is 2. The first-order chi connectivity index (χ1) is 28.6. The molecule has 0 radical (unpaired) electrons. The lowest BCUT2D eigenvalue weighted by molar-refractivity contribution is 0.0318. The van der Waals surface area contributed by atoms with Gasteiger partial charge in [0.1, 0.15) is 47.0 Å². The molecule has 0 bridgehead atoms. The molecule has 2 aromatic heterocycles. The van der Waals surface area contributed by atoms with Gasteiger partial charge in [0.15, 0.2) is 23.1 Å². The van der Waals surface area contributed by atoms with E-state index >= 15 is 0 Å². The van der Waals surface area contributed by atoms with Crippen LogP contribution < -0.4 is 0 Å². The summed E-state index contributed by atoms with van der Waals surface area (Å²) in [6.45, 7) is 7.89. The van der Waals surface area contributed by atoms with Crippen molar-refractivity contribution in [3.8, 4) is 24.3 Å². The molecular formula is C48H26N4O6S2. The van der Waals surface area contributed by atoms with Crippen LogP contribution in [0.15, 0.2) is 83.4 Å². The first-order valence-electron chi connectivity index (χ1n) is 18.8. The maximum Gasteiger partial charge on any atom is 0.197 e. The smallest absolute Gasteiger partial charge is 0.197 e. The van der Waals surface area contributed by atoms with Gasteiger partial charge < -0.3 is 9.47 Å². The number of hydrogen-bond acceptors (Lipinski definition) is 12. The lowest BCUT2D eigenvalue weighted by Crippen LogP contribution is -2.31. The minimum Gasteiger partial charge on any atom is -0.483 e. The van der Waals surface area contributed by atoms with E-state index in [1.165, 1.54) is 46.9 Å². The molecule has 4 aliphatic carbocycles. The molecule has 2 aromatic carbocycles. The number of ether oxygens (including phenoxy) is 2. The van der Waals surface area contributed by atoms with E-state index in [1.54, 1.807) is 12.2 Å². The minimum absolute atomic E-state index is 0.0243. The Hall–Kier alpha value is -7.48. The Balaban J connectivity index is 0.986. The van der Waals surface area contributed by atoms with E-state index in [0.717, 1.165) is 32.0 Å². The molecule has 4 heterocycles. The van der Waals surface area contributed by atoms with Crippen molar-refractivity contribution >= 4 is 69.1 Å². The summed E-state index contributed by atoms with van der Waals surface area (Å²) in [5.41, 5.74) is 2.70. The number of rotatable bonds is 2. The fourth-order valence-corrected chi connectivity index (χ4v) is 11.3. The predicted molar refractivity (Wildman–Crippen MR) is 221 cm³/mol. The summed E-state index contributed by atoms with van der Waals surface area (Å²) in [5.74, 6) is -0.715. The second kappa shape index (κ2) is 12.5. The van der Waals surface area contributed by atoms with Crippen LogP contribution in [0.1, 0.15) is 122 Å². The van der Waals surface area contributed by atoms with Crippen molar-refractivity contribution in [1.29, 1.82) is 21.0 Å². The highest BCUT2D eigenvalue weighted by Crippen LogP contribution is 2.55. The second-order valence-corrected chi connectivity index (χ2v) is 18.3. The van der Waals surface area contributed by atoms with Gasteiger partial charge in [0.05, 0.1) is 33.4 Å². The van der Waals surface area contributed by atoms with Gasteiger partial charge >= 0.3 is 0 Å². The molecule has 0 saturated carbocycles. The molecule has 6 aliphatic rings. The summed E-state index contributed by atoms with van der Waals surface area (Å²) < 4.78 is 13.3. The quantitative estimate of drug-likeness (QED) is 0.140. The van der Waals surface area contributed by atoms with Crippen molar-refractivity contribution in [2.24, 2.45) is 11.8 Å². The van der Waals surface area contributed by atoms with Crippen molar-refractivity contribution < 1.29 is 28.7 Å². The van der Waals surface area contributed by atoms with Crippen molar-refractivity contribution in [2.75, 3.05) is 0 Å². The number of carbonyl (C=O) groups is 4. The van der Waals surface area contributed by atoms with Crippen molar-refractivity contribution in [2.45, 2.75) is 38.9 Å². The highest BCUT2D eigenvalue weighted by atomic mass is 32.1. The largest absolute Gasteiger partial charge is 0.483 e. The lowest BCUT2D eigenvalue weighted by Gasteiger charge is -2.40. The van der Waals surface area contributed by atoms with Crippen LogP contribution in [0.4, 0.5) is 0 Å². The van der Waals surface area contributed by atoms with Gasteiger partial charge in [-0.05, 0) is 88.4 Å². The normalized spacial score (nSPS) is 20.6. The third-order valence-corrected chi connectivity index (χ3v) is 14.0. The van der Waals surface area contributed by atoms with Gasteiger partial charge in [-0.25, -0.2) is 0 Å². The summed E-state index contributed by atoms with van der Waals surface area (Å²) in [5, 5.41) is 38.0. The van der Waals surface area contributed by atoms with Crippen molar-refractivity contribution in [3.63, 3.8) is 0 Å². The molecule has 60 heavy (non-hydrogen) atoms. The van der Waals surface area contributed by atoms with Gasteiger partial charge in [0.2, 0.25) is 0 Å². The van der Waals surface area contributed by atoms with Crippen LogP contribution in [0.3, 0.4) is 0 Å². The fourth-order valence-electron chi connectivity index (χ4n) is 8.74. The number of ketones is 4. The standard InChI is InChI=1S/C48H26N4O6S2/c1-47(2)37-15-27(13-35-41(53)29-7-23(17-49)24(18-50)8-30(29)42(35)54)59-45(37)33-5-22-12-40-34(6-21(22)11-39(33)57-47)46-38(48(3,4)58-40)16-28(60-46)14-36-43(55)31-9-25(19-51)26(20-52)10-32(31)44(36)56/h5-16,21-22H,1-4H3. The molecule has 2 unspecified atom stereocenters. The van der Waals surface area contributed by atoms with Gasteiger partial charge in [0.25, 0.3) is 0 Å². The molecule has 10 rings (SSSR count). The van der Waals surface area contributed by atoms with Crippen LogP contribution in [0.2, 0.25) is 0 Å².